The Balaban J connectivity index is 0.00000190. The van der Waals surface area contributed by atoms with E-state index in [0.29, 0.717) is 43.3 Å². The number of benzene rings is 1. The van der Waals surface area contributed by atoms with Gasteiger partial charge >= 0.3 is 0 Å². The van der Waals surface area contributed by atoms with Crippen molar-refractivity contribution in [3.05, 3.63) is 52.3 Å². The predicted molar refractivity (Wildman–Crippen MR) is 156 cm³/mol. The van der Waals surface area contributed by atoms with Crippen molar-refractivity contribution in [2.75, 3.05) is 0 Å². The third-order valence-corrected chi connectivity index (χ3v) is 8.87. The van der Waals surface area contributed by atoms with Crippen LogP contribution in [0.5, 0.6) is 0 Å². The maximum Gasteiger partial charge on any atom is 0.224 e. The number of halogens is 2. The molecule has 0 saturated heterocycles. The highest BCUT2D eigenvalue weighted by molar-refractivity contribution is 5.86. The van der Waals surface area contributed by atoms with Crippen LogP contribution in [0.25, 0.3) is 11.1 Å². The number of nitrogens with one attached hydrogen (secondary N) is 1. The number of hydrogen-bond donors (Lipinski definition) is 3. The van der Waals surface area contributed by atoms with Crippen LogP contribution in [0.1, 0.15) is 74.0 Å². The smallest absolute Gasteiger partial charge is 0.224 e. The molecule has 0 aliphatic heterocycles. The average molecular weight is 548 g/mol. The third kappa shape index (κ3) is 6.16. The van der Waals surface area contributed by atoms with Crippen LogP contribution in [0.15, 0.2) is 24.3 Å². The van der Waals surface area contributed by atoms with Crippen molar-refractivity contribution in [1.82, 2.24) is 10.3 Å². The number of nitrogens with zero attached hydrogens (tertiary/aromatic N) is 1. The van der Waals surface area contributed by atoms with Gasteiger partial charge in [0, 0.05) is 30.5 Å². The zero-order valence-corrected chi connectivity index (χ0v) is 24.1. The number of rotatable bonds is 8. The van der Waals surface area contributed by atoms with Gasteiger partial charge in [-0.3, -0.25) is 9.78 Å². The van der Waals surface area contributed by atoms with E-state index < -0.39 is 0 Å². The largest absolute Gasteiger partial charge is 0.353 e. The molecule has 37 heavy (non-hydrogen) atoms. The van der Waals surface area contributed by atoms with Crippen molar-refractivity contribution in [3.63, 3.8) is 0 Å². The standard InChI is InChI=1S/C30H42N4O.2ClH/c1-17(2)8-27-26(16-32)29(22-6-4-19(15-31)5-7-22)25(18(3)33-27)14-28(35)34-30-23-10-20-9-21(12-23)13-24(30)11-20;;/h4-7,17,20-21,23-24,30H,8-16,31-32H2,1-3H3,(H,34,35);2*1H. The van der Waals surface area contributed by atoms with Crippen LogP contribution < -0.4 is 16.8 Å². The first kappa shape index (κ1) is 29.9. The summed E-state index contributed by atoms with van der Waals surface area (Å²) < 4.78 is 0. The second-order valence-corrected chi connectivity index (χ2v) is 11.9. The van der Waals surface area contributed by atoms with Crippen molar-refractivity contribution < 1.29 is 4.79 Å². The lowest BCUT2D eigenvalue weighted by Crippen LogP contribution is -2.56. The first-order chi connectivity index (χ1) is 16.9. The molecule has 5 nitrogen and oxygen atoms in total. The van der Waals surface area contributed by atoms with E-state index in [1.54, 1.807) is 0 Å². The molecule has 5 N–H and O–H groups in total. The van der Waals surface area contributed by atoms with E-state index in [1.165, 1.54) is 32.1 Å². The summed E-state index contributed by atoms with van der Waals surface area (Å²) in [5.41, 5.74) is 19.6. The van der Waals surface area contributed by atoms with E-state index in [-0.39, 0.29) is 30.7 Å². The van der Waals surface area contributed by atoms with Gasteiger partial charge in [-0.25, -0.2) is 0 Å². The Morgan fingerprint density at radius 1 is 0.946 bits per heavy atom. The lowest BCUT2D eigenvalue weighted by atomic mass is 9.54. The number of aryl methyl sites for hydroxylation is 1. The van der Waals surface area contributed by atoms with Gasteiger partial charge < -0.3 is 16.8 Å². The number of amides is 1. The Morgan fingerprint density at radius 3 is 2.05 bits per heavy atom. The fraction of sp³-hybridized carbons (Fsp3) is 0.600. The van der Waals surface area contributed by atoms with E-state index in [0.717, 1.165) is 57.5 Å². The molecule has 0 unspecified atom stereocenters. The summed E-state index contributed by atoms with van der Waals surface area (Å²) in [4.78, 5) is 18.5. The Kier molecular flexibility index (Phi) is 10.1. The minimum Gasteiger partial charge on any atom is -0.353 e. The maximum absolute atomic E-state index is 13.5. The van der Waals surface area contributed by atoms with E-state index in [9.17, 15) is 4.79 Å². The summed E-state index contributed by atoms with van der Waals surface area (Å²) >= 11 is 0. The van der Waals surface area contributed by atoms with Crippen molar-refractivity contribution >= 4 is 30.7 Å². The van der Waals surface area contributed by atoms with E-state index in [1.807, 2.05) is 6.92 Å². The number of pyridine rings is 1. The summed E-state index contributed by atoms with van der Waals surface area (Å²) in [6.07, 6.45) is 7.87. The number of carbonyl (C=O) groups excluding carboxylic acids is 1. The molecule has 6 rings (SSSR count). The van der Waals surface area contributed by atoms with Crippen LogP contribution in [-0.4, -0.2) is 16.9 Å². The van der Waals surface area contributed by atoms with Crippen molar-refractivity contribution in [3.8, 4) is 11.1 Å². The molecule has 4 aliphatic carbocycles. The summed E-state index contributed by atoms with van der Waals surface area (Å²) in [5, 5.41) is 3.50. The zero-order chi connectivity index (χ0) is 24.7. The van der Waals surface area contributed by atoms with Crippen LogP contribution in [0.4, 0.5) is 0 Å². The molecule has 1 heterocycles. The first-order valence-corrected chi connectivity index (χ1v) is 13.7. The van der Waals surface area contributed by atoms with Gasteiger partial charge in [0.1, 0.15) is 0 Å². The fourth-order valence-electron chi connectivity index (χ4n) is 7.55. The topological polar surface area (TPSA) is 94.0 Å². The number of carbonyl (C=O) groups is 1. The molecule has 2 aromatic rings. The molecule has 0 atom stereocenters. The quantitative estimate of drug-likeness (QED) is 0.407. The molecule has 4 bridgehead atoms. The van der Waals surface area contributed by atoms with Gasteiger partial charge in [0.2, 0.25) is 5.91 Å². The molecule has 1 amide bonds. The molecule has 4 fully saturated rings. The average Bonchev–Trinajstić information content (AvgIpc) is 2.82. The molecule has 0 spiro atoms. The second-order valence-electron chi connectivity index (χ2n) is 11.9. The molecule has 7 heteroatoms. The molecule has 1 aromatic heterocycles. The van der Waals surface area contributed by atoms with Crippen molar-refractivity contribution in [2.24, 2.45) is 41.1 Å². The Hall–Kier alpha value is -1.66. The van der Waals surface area contributed by atoms with Gasteiger partial charge in [0.25, 0.3) is 0 Å². The van der Waals surface area contributed by atoms with Gasteiger partial charge in [0.15, 0.2) is 0 Å². The number of hydrogen-bond acceptors (Lipinski definition) is 4. The molecule has 0 radical (unpaired) electrons. The SMILES string of the molecule is Cc1nc(CC(C)C)c(CN)c(-c2ccc(CN)cc2)c1CC(=O)NC1C2CC3CC(C2)CC1C3.Cl.Cl. The lowest BCUT2D eigenvalue weighted by Gasteiger charge is -2.54. The fourth-order valence-corrected chi connectivity index (χ4v) is 7.55. The van der Waals surface area contributed by atoms with Crippen molar-refractivity contribution in [1.29, 1.82) is 0 Å². The van der Waals surface area contributed by atoms with Gasteiger partial charge in [0.05, 0.1) is 6.42 Å². The molecule has 4 saturated carbocycles. The first-order valence-electron chi connectivity index (χ1n) is 13.7. The van der Waals surface area contributed by atoms with Crippen molar-refractivity contribution in [2.45, 2.75) is 84.8 Å². The predicted octanol–water partition coefficient (Wildman–Crippen LogP) is 5.50. The van der Waals surface area contributed by atoms with Crippen LogP contribution >= 0.6 is 24.8 Å². The van der Waals surface area contributed by atoms with Crippen LogP contribution in [-0.2, 0) is 30.7 Å². The Bertz CT molecular complexity index is 1060. The van der Waals surface area contributed by atoms with Gasteiger partial charge in [-0.05, 0) is 103 Å². The highest BCUT2D eigenvalue weighted by atomic mass is 35.5. The molecular weight excluding hydrogens is 503 g/mol. The minimum atomic E-state index is 0. The normalized spacial score (nSPS) is 25.5. The minimum absolute atomic E-state index is 0. The second kappa shape index (κ2) is 12.5. The summed E-state index contributed by atoms with van der Waals surface area (Å²) in [7, 11) is 0. The number of nitrogens with two attached hydrogens (primary N) is 2. The van der Waals surface area contributed by atoms with E-state index in [4.69, 9.17) is 16.5 Å². The molecule has 4 aliphatic rings. The molecule has 204 valence electrons. The Morgan fingerprint density at radius 2 is 1.54 bits per heavy atom. The summed E-state index contributed by atoms with van der Waals surface area (Å²) in [6, 6.07) is 8.74. The van der Waals surface area contributed by atoms with Gasteiger partial charge in [-0.15, -0.1) is 24.8 Å². The zero-order valence-electron chi connectivity index (χ0n) is 22.5. The number of aromatic nitrogens is 1. The highest BCUT2D eigenvalue weighted by Gasteiger charge is 2.48. The highest BCUT2D eigenvalue weighted by Crippen LogP contribution is 2.53. The maximum atomic E-state index is 13.5. The van der Waals surface area contributed by atoms with E-state index >= 15 is 0 Å². The summed E-state index contributed by atoms with van der Waals surface area (Å²) in [5.74, 6) is 3.76. The van der Waals surface area contributed by atoms with Gasteiger partial charge in [-0.2, -0.15) is 0 Å². The lowest BCUT2D eigenvalue weighted by molar-refractivity contribution is -0.124. The van der Waals surface area contributed by atoms with Gasteiger partial charge in [-0.1, -0.05) is 38.1 Å². The summed E-state index contributed by atoms with van der Waals surface area (Å²) in [6.45, 7) is 7.39. The van der Waals surface area contributed by atoms with Crippen LogP contribution in [0, 0.1) is 36.5 Å². The Labute approximate surface area is 234 Å². The van der Waals surface area contributed by atoms with E-state index in [2.05, 4.69) is 43.4 Å². The molecular formula is C30H44Cl2N4O. The molecule has 1 aromatic carbocycles. The van der Waals surface area contributed by atoms with Crippen LogP contribution in [0.3, 0.4) is 0 Å². The van der Waals surface area contributed by atoms with Crippen LogP contribution in [0.2, 0.25) is 0 Å². The third-order valence-electron chi connectivity index (χ3n) is 8.87. The monoisotopic (exact) mass is 546 g/mol.